The molecule has 0 atom stereocenters. The van der Waals surface area contributed by atoms with Crippen molar-refractivity contribution in [3.05, 3.63) is 34.9 Å². The maximum absolute atomic E-state index is 3.16. The molecule has 0 heterocycles. The number of likely N-dealkylation sites (N-methyl/N-ethyl adjacent to an activating group) is 2. The number of hydrogen-bond donors (Lipinski definition) is 1. The molecule has 1 rings (SSSR count). The number of benzene rings is 1. The molecule has 0 fully saturated rings. The predicted octanol–water partition coefficient (Wildman–Crippen LogP) is 1.95. The Bertz CT molecular complexity index is 307. The van der Waals surface area contributed by atoms with Crippen LogP contribution in [0.15, 0.2) is 18.2 Å². The van der Waals surface area contributed by atoms with Crippen LogP contribution in [-0.4, -0.2) is 32.1 Å². The highest BCUT2D eigenvalue weighted by Gasteiger charge is 2.00. The van der Waals surface area contributed by atoms with Gasteiger partial charge in [0.05, 0.1) is 0 Å². The first-order chi connectivity index (χ1) is 7.13. The largest absolute Gasteiger partial charge is 0.318 e. The Labute approximate surface area is 93.3 Å². The van der Waals surface area contributed by atoms with Gasteiger partial charge in [0.25, 0.3) is 0 Å². The van der Waals surface area contributed by atoms with Crippen LogP contribution in [0.2, 0.25) is 0 Å². The topological polar surface area (TPSA) is 15.3 Å². The molecular weight excluding hydrogens is 184 g/mol. The zero-order valence-corrected chi connectivity index (χ0v) is 10.3. The average Bonchev–Trinajstić information content (AvgIpc) is 2.20. The van der Waals surface area contributed by atoms with Crippen LogP contribution >= 0.6 is 0 Å². The summed E-state index contributed by atoms with van der Waals surface area (Å²) in [6, 6.07) is 6.71. The lowest BCUT2D eigenvalue weighted by atomic mass is 10.1. The van der Waals surface area contributed by atoms with E-state index in [4.69, 9.17) is 0 Å². The molecule has 1 N–H and O–H groups in total. The van der Waals surface area contributed by atoms with Gasteiger partial charge >= 0.3 is 0 Å². The summed E-state index contributed by atoms with van der Waals surface area (Å²) in [6.45, 7) is 7.49. The first-order valence-electron chi connectivity index (χ1n) is 5.52. The van der Waals surface area contributed by atoms with Crippen LogP contribution in [0.25, 0.3) is 0 Å². The van der Waals surface area contributed by atoms with Crippen molar-refractivity contribution in [2.75, 3.05) is 27.2 Å². The van der Waals surface area contributed by atoms with E-state index in [0.29, 0.717) is 0 Å². The molecular formula is C13H22N2. The summed E-state index contributed by atoms with van der Waals surface area (Å²) in [5, 5.41) is 3.16. The van der Waals surface area contributed by atoms with E-state index in [1.165, 1.54) is 16.7 Å². The molecule has 0 unspecified atom stereocenters. The van der Waals surface area contributed by atoms with Crippen molar-refractivity contribution >= 4 is 0 Å². The van der Waals surface area contributed by atoms with Crippen LogP contribution in [-0.2, 0) is 6.54 Å². The van der Waals surface area contributed by atoms with E-state index >= 15 is 0 Å². The predicted molar refractivity (Wildman–Crippen MR) is 66.2 cm³/mol. The van der Waals surface area contributed by atoms with Gasteiger partial charge in [0.15, 0.2) is 0 Å². The van der Waals surface area contributed by atoms with Gasteiger partial charge in [-0.3, -0.25) is 0 Å². The first-order valence-corrected chi connectivity index (χ1v) is 5.52. The van der Waals surface area contributed by atoms with E-state index in [1.807, 2.05) is 7.05 Å². The number of rotatable bonds is 5. The molecule has 0 bridgehead atoms. The summed E-state index contributed by atoms with van der Waals surface area (Å²) in [5.41, 5.74) is 4.16. The first kappa shape index (κ1) is 12.2. The Morgan fingerprint density at radius 2 is 1.93 bits per heavy atom. The summed E-state index contributed by atoms with van der Waals surface area (Å²) in [4.78, 5) is 2.33. The Hall–Kier alpha value is -0.860. The van der Waals surface area contributed by atoms with Gasteiger partial charge in [-0.2, -0.15) is 0 Å². The van der Waals surface area contributed by atoms with Crippen LogP contribution in [0.4, 0.5) is 0 Å². The fraction of sp³-hybridized carbons (Fsp3) is 0.538. The summed E-state index contributed by atoms with van der Waals surface area (Å²) in [6.07, 6.45) is 0. The second kappa shape index (κ2) is 5.89. The Kier molecular flexibility index (Phi) is 4.79. The van der Waals surface area contributed by atoms with Crippen LogP contribution in [0, 0.1) is 13.8 Å². The third kappa shape index (κ3) is 4.02. The zero-order valence-electron chi connectivity index (χ0n) is 10.3. The van der Waals surface area contributed by atoms with Gasteiger partial charge in [0.2, 0.25) is 0 Å². The fourth-order valence-corrected chi connectivity index (χ4v) is 1.60. The lowest BCUT2D eigenvalue weighted by Crippen LogP contribution is -2.26. The van der Waals surface area contributed by atoms with Crippen molar-refractivity contribution in [1.29, 1.82) is 0 Å². The highest BCUT2D eigenvalue weighted by molar-refractivity contribution is 5.29. The van der Waals surface area contributed by atoms with E-state index in [1.54, 1.807) is 0 Å². The zero-order chi connectivity index (χ0) is 11.3. The van der Waals surface area contributed by atoms with Crippen molar-refractivity contribution in [3.63, 3.8) is 0 Å². The van der Waals surface area contributed by atoms with Gasteiger partial charge < -0.3 is 10.2 Å². The van der Waals surface area contributed by atoms with E-state index in [2.05, 4.69) is 49.3 Å². The standard InChI is InChI=1S/C13H22N2/c1-11-5-6-13(9-12(11)2)10-15(4)8-7-14-3/h5-6,9,14H,7-8,10H2,1-4H3. The molecule has 0 aliphatic heterocycles. The molecule has 0 aliphatic carbocycles. The van der Waals surface area contributed by atoms with Gasteiger partial charge in [0, 0.05) is 19.6 Å². The van der Waals surface area contributed by atoms with Crippen LogP contribution in [0.3, 0.4) is 0 Å². The minimum Gasteiger partial charge on any atom is -0.318 e. The number of nitrogens with one attached hydrogen (secondary N) is 1. The molecule has 0 saturated carbocycles. The van der Waals surface area contributed by atoms with Gasteiger partial charge in [-0.15, -0.1) is 0 Å². The third-order valence-corrected chi connectivity index (χ3v) is 2.77. The van der Waals surface area contributed by atoms with Crippen molar-refractivity contribution in [3.8, 4) is 0 Å². The smallest absolute Gasteiger partial charge is 0.0231 e. The third-order valence-electron chi connectivity index (χ3n) is 2.77. The molecule has 0 aliphatic rings. The Morgan fingerprint density at radius 1 is 1.20 bits per heavy atom. The van der Waals surface area contributed by atoms with Crippen LogP contribution in [0.5, 0.6) is 0 Å². The minimum absolute atomic E-state index is 1.03. The van der Waals surface area contributed by atoms with Gasteiger partial charge in [0.1, 0.15) is 0 Å². The van der Waals surface area contributed by atoms with Gasteiger partial charge in [-0.25, -0.2) is 0 Å². The summed E-state index contributed by atoms with van der Waals surface area (Å²) < 4.78 is 0. The van der Waals surface area contributed by atoms with Crippen LogP contribution in [0.1, 0.15) is 16.7 Å². The maximum atomic E-state index is 3.16. The second-order valence-electron chi connectivity index (χ2n) is 4.26. The maximum Gasteiger partial charge on any atom is 0.0231 e. The lowest BCUT2D eigenvalue weighted by molar-refractivity contribution is 0.328. The monoisotopic (exact) mass is 206 g/mol. The van der Waals surface area contributed by atoms with E-state index in [9.17, 15) is 0 Å². The summed E-state index contributed by atoms with van der Waals surface area (Å²) in [5.74, 6) is 0. The SMILES string of the molecule is CNCCN(C)Cc1ccc(C)c(C)c1. The molecule has 2 nitrogen and oxygen atoms in total. The highest BCUT2D eigenvalue weighted by Crippen LogP contribution is 2.11. The average molecular weight is 206 g/mol. The molecule has 0 radical (unpaired) electrons. The molecule has 0 aromatic heterocycles. The molecule has 15 heavy (non-hydrogen) atoms. The Balaban J connectivity index is 2.53. The van der Waals surface area contributed by atoms with Crippen molar-refractivity contribution < 1.29 is 0 Å². The number of aryl methyl sites for hydroxylation is 2. The molecule has 0 amide bonds. The van der Waals surface area contributed by atoms with E-state index < -0.39 is 0 Å². The summed E-state index contributed by atoms with van der Waals surface area (Å²) in [7, 11) is 4.15. The minimum atomic E-state index is 1.03. The van der Waals surface area contributed by atoms with Crippen LogP contribution < -0.4 is 5.32 Å². The lowest BCUT2D eigenvalue weighted by Gasteiger charge is -2.17. The van der Waals surface area contributed by atoms with Crippen molar-refractivity contribution in [1.82, 2.24) is 10.2 Å². The summed E-state index contributed by atoms with van der Waals surface area (Å²) >= 11 is 0. The molecule has 0 saturated heterocycles. The quantitative estimate of drug-likeness (QED) is 0.792. The van der Waals surface area contributed by atoms with Gasteiger partial charge in [-0.1, -0.05) is 18.2 Å². The van der Waals surface area contributed by atoms with E-state index in [-0.39, 0.29) is 0 Å². The Morgan fingerprint density at radius 3 is 2.53 bits per heavy atom. The normalized spacial score (nSPS) is 11.0. The number of nitrogens with zero attached hydrogens (tertiary/aromatic N) is 1. The van der Waals surface area contributed by atoms with Crippen molar-refractivity contribution in [2.45, 2.75) is 20.4 Å². The fourth-order valence-electron chi connectivity index (χ4n) is 1.60. The van der Waals surface area contributed by atoms with Gasteiger partial charge in [-0.05, 0) is 44.6 Å². The number of hydrogen-bond acceptors (Lipinski definition) is 2. The molecule has 1 aromatic rings. The molecule has 84 valence electrons. The molecule has 2 heteroatoms. The van der Waals surface area contributed by atoms with Crippen molar-refractivity contribution in [2.24, 2.45) is 0 Å². The highest BCUT2D eigenvalue weighted by atomic mass is 15.1. The molecule has 0 spiro atoms. The molecule has 1 aromatic carbocycles. The van der Waals surface area contributed by atoms with E-state index in [0.717, 1.165) is 19.6 Å². The second-order valence-corrected chi connectivity index (χ2v) is 4.26.